The summed E-state index contributed by atoms with van der Waals surface area (Å²) in [6.07, 6.45) is 0. The summed E-state index contributed by atoms with van der Waals surface area (Å²) in [5.41, 5.74) is 2.01. The van der Waals surface area contributed by atoms with E-state index in [1.165, 1.54) is 23.9 Å². The fraction of sp³-hybridized carbons (Fsp3) is 0.250. The first-order chi connectivity index (χ1) is 13.0. The molecule has 0 radical (unpaired) electrons. The van der Waals surface area contributed by atoms with Crippen LogP contribution in [0.4, 0.5) is 4.39 Å². The molecular formula is C20H21FN4OS. The van der Waals surface area contributed by atoms with Crippen molar-refractivity contribution < 1.29 is 9.18 Å². The Morgan fingerprint density at radius 3 is 2.56 bits per heavy atom. The largest absolute Gasteiger partial charge is 0.349 e. The maximum atomic E-state index is 13.0. The number of halogens is 1. The minimum absolute atomic E-state index is 0.108. The molecule has 0 unspecified atom stereocenters. The number of nitrogens with zero attached hydrogens (tertiary/aromatic N) is 3. The normalized spacial score (nSPS) is 12.0. The van der Waals surface area contributed by atoms with Gasteiger partial charge in [-0.25, -0.2) is 4.39 Å². The number of nitrogens with one attached hydrogen (secondary N) is 1. The Balaban J connectivity index is 1.58. The van der Waals surface area contributed by atoms with E-state index in [9.17, 15) is 9.18 Å². The van der Waals surface area contributed by atoms with Crippen molar-refractivity contribution in [2.45, 2.75) is 31.6 Å². The van der Waals surface area contributed by atoms with Crippen LogP contribution in [0.3, 0.4) is 0 Å². The SMILES string of the molecule is Cc1nnc(SCC(=O)N[C@H](C)c2ccc(F)cc2)n1Cc1ccccc1. The molecule has 0 aliphatic heterocycles. The van der Waals surface area contributed by atoms with Gasteiger partial charge in [0, 0.05) is 0 Å². The number of aromatic nitrogens is 3. The van der Waals surface area contributed by atoms with Gasteiger partial charge >= 0.3 is 0 Å². The maximum Gasteiger partial charge on any atom is 0.230 e. The molecule has 0 bridgehead atoms. The van der Waals surface area contributed by atoms with Crippen molar-refractivity contribution in [3.8, 4) is 0 Å². The number of thioether (sulfide) groups is 1. The zero-order chi connectivity index (χ0) is 19.2. The third-order valence-electron chi connectivity index (χ3n) is 4.17. The zero-order valence-corrected chi connectivity index (χ0v) is 16.0. The highest BCUT2D eigenvalue weighted by molar-refractivity contribution is 7.99. The predicted molar refractivity (Wildman–Crippen MR) is 104 cm³/mol. The van der Waals surface area contributed by atoms with E-state index in [2.05, 4.69) is 15.5 Å². The molecular weight excluding hydrogens is 363 g/mol. The Morgan fingerprint density at radius 1 is 1.15 bits per heavy atom. The second-order valence-corrected chi connectivity index (χ2v) is 7.17. The van der Waals surface area contributed by atoms with Crippen molar-refractivity contribution >= 4 is 17.7 Å². The van der Waals surface area contributed by atoms with Crippen LogP contribution >= 0.6 is 11.8 Å². The molecule has 0 fully saturated rings. The number of rotatable bonds is 7. The number of carbonyl (C=O) groups excluding carboxylic acids is 1. The van der Waals surface area contributed by atoms with Crippen LogP contribution in [0.2, 0.25) is 0 Å². The van der Waals surface area contributed by atoms with Gasteiger partial charge in [0.2, 0.25) is 5.91 Å². The lowest BCUT2D eigenvalue weighted by Crippen LogP contribution is -2.28. The highest BCUT2D eigenvalue weighted by Gasteiger charge is 2.14. The van der Waals surface area contributed by atoms with Gasteiger partial charge in [0.25, 0.3) is 0 Å². The second-order valence-electron chi connectivity index (χ2n) is 6.23. The smallest absolute Gasteiger partial charge is 0.230 e. The van der Waals surface area contributed by atoms with E-state index in [1.807, 2.05) is 48.7 Å². The van der Waals surface area contributed by atoms with Crippen LogP contribution in [-0.2, 0) is 11.3 Å². The number of amides is 1. The maximum absolute atomic E-state index is 13.0. The molecule has 0 aliphatic rings. The molecule has 0 aliphatic carbocycles. The van der Waals surface area contributed by atoms with E-state index in [1.54, 1.807) is 12.1 Å². The summed E-state index contributed by atoms with van der Waals surface area (Å²) in [4.78, 5) is 12.3. The number of benzene rings is 2. The van der Waals surface area contributed by atoms with Crippen molar-refractivity contribution in [3.05, 3.63) is 77.4 Å². The minimum atomic E-state index is -0.291. The Bertz CT molecular complexity index is 896. The number of aryl methyl sites for hydroxylation is 1. The van der Waals surface area contributed by atoms with Crippen LogP contribution in [0.1, 0.15) is 29.9 Å². The zero-order valence-electron chi connectivity index (χ0n) is 15.2. The molecule has 1 aromatic heterocycles. The van der Waals surface area contributed by atoms with Gasteiger partial charge in [0.1, 0.15) is 11.6 Å². The lowest BCUT2D eigenvalue weighted by Gasteiger charge is -2.14. The first kappa shape index (κ1) is 19.1. The Labute approximate surface area is 162 Å². The van der Waals surface area contributed by atoms with E-state index in [0.29, 0.717) is 11.7 Å². The van der Waals surface area contributed by atoms with Crippen LogP contribution in [0.15, 0.2) is 59.8 Å². The first-order valence-corrected chi connectivity index (χ1v) is 9.63. The summed E-state index contributed by atoms with van der Waals surface area (Å²) in [6, 6.07) is 16.0. The van der Waals surface area contributed by atoms with Crippen molar-refractivity contribution in [1.82, 2.24) is 20.1 Å². The van der Waals surface area contributed by atoms with Crippen molar-refractivity contribution in [2.75, 3.05) is 5.75 Å². The van der Waals surface area contributed by atoms with Crippen LogP contribution in [-0.4, -0.2) is 26.4 Å². The standard InChI is InChI=1S/C20H21FN4OS/c1-14(17-8-10-18(21)11-9-17)22-19(26)13-27-20-24-23-15(2)25(20)12-16-6-4-3-5-7-16/h3-11,14H,12-13H2,1-2H3,(H,22,26)/t14-/m1/s1. The van der Waals surface area contributed by atoms with Crippen molar-refractivity contribution in [1.29, 1.82) is 0 Å². The van der Waals surface area contributed by atoms with Crippen LogP contribution in [0.25, 0.3) is 0 Å². The molecule has 1 heterocycles. The summed E-state index contributed by atoms with van der Waals surface area (Å²) < 4.78 is 15.0. The van der Waals surface area contributed by atoms with E-state index in [4.69, 9.17) is 0 Å². The molecule has 3 aromatic rings. The van der Waals surface area contributed by atoms with Crippen molar-refractivity contribution in [2.24, 2.45) is 0 Å². The molecule has 5 nitrogen and oxygen atoms in total. The molecule has 0 saturated heterocycles. The molecule has 0 spiro atoms. The van der Waals surface area contributed by atoms with Gasteiger partial charge in [-0.1, -0.05) is 54.2 Å². The quantitative estimate of drug-likeness (QED) is 0.631. The summed E-state index contributed by atoms with van der Waals surface area (Å²) >= 11 is 1.35. The summed E-state index contributed by atoms with van der Waals surface area (Å²) in [7, 11) is 0. The molecule has 140 valence electrons. The predicted octanol–water partition coefficient (Wildman–Crippen LogP) is 3.74. The molecule has 1 amide bonds. The van der Waals surface area contributed by atoms with Gasteiger partial charge in [-0.2, -0.15) is 0 Å². The molecule has 7 heteroatoms. The molecule has 0 saturated carbocycles. The summed E-state index contributed by atoms with van der Waals surface area (Å²) in [5.74, 6) is 0.643. The molecule has 3 rings (SSSR count). The lowest BCUT2D eigenvalue weighted by atomic mass is 10.1. The minimum Gasteiger partial charge on any atom is -0.349 e. The Kier molecular flexibility index (Phi) is 6.24. The number of carbonyl (C=O) groups is 1. The van der Waals surface area contributed by atoms with Gasteiger partial charge < -0.3 is 9.88 Å². The van der Waals surface area contributed by atoms with Crippen LogP contribution < -0.4 is 5.32 Å². The Hall–Kier alpha value is -2.67. The van der Waals surface area contributed by atoms with Gasteiger partial charge in [0.15, 0.2) is 5.16 Å². The van der Waals surface area contributed by atoms with Crippen LogP contribution in [0.5, 0.6) is 0 Å². The average Bonchev–Trinajstić information content (AvgIpc) is 3.01. The fourth-order valence-corrected chi connectivity index (χ4v) is 3.46. The molecule has 27 heavy (non-hydrogen) atoms. The highest BCUT2D eigenvalue weighted by Crippen LogP contribution is 2.19. The third kappa shape index (κ3) is 5.17. The average molecular weight is 384 g/mol. The number of hydrogen-bond donors (Lipinski definition) is 1. The van der Waals surface area contributed by atoms with Gasteiger partial charge in [-0.15, -0.1) is 10.2 Å². The van der Waals surface area contributed by atoms with Crippen molar-refractivity contribution in [3.63, 3.8) is 0 Å². The van der Waals surface area contributed by atoms with E-state index in [0.717, 1.165) is 17.0 Å². The highest BCUT2D eigenvalue weighted by atomic mass is 32.2. The lowest BCUT2D eigenvalue weighted by molar-refractivity contribution is -0.119. The first-order valence-electron chi connectivity index (χ1n) is 8.64. The molecule has 2 aromatic carbocycles. The monoisotopic (exact) mass is 384 g/mol. The number of hydrogen-bond acceptors (Lipinski definition) is 4. The third-order valence-corrected chi connectivity index (χ3v) is 5.13. The second kappa shape index (κ2) is 8.81. The Morgan fingerprint density at radius 2 is 1.85 bits per heavy atom. The van der Waals surface area contributed by atoms with Gasteiger partial charge in [-0.05, 0) is 37.1 Å². The summed E-state index contributed by atoms with van der Waals surface area (Å²) in [5, 5.41) is 11.9. The van der Waals surface area contributed by atoms with Gasteiger partial charge in [0.05, 0.1) is 18.3 Å². The van der Waals surface area contributed by atoms with Crippen LogP contribution in [0, 0.1) is 12.7 Å². The summed E-state index contributed by atoms with van der Waals surface area (Å²) in [6.45, 7) is 4.43. The van der Waals surface area contributed by atoms with E-state index < -0.39 is 0 Å². The topological polar surface area (TPSA) is 59.8 Å². The van der Waals surface area contributed by atoms with E-state index >= 15 is 0 Å². The fourth-order valence-electron chi connectivity index (χ4n) is 2.66. The van der Waals surface area contributed by atoms with E-state index in [-0.39, 0.29) is 23.5 Å². The molecule has 1 N–H and O–H groups in total. The molecule has 1 atom stereocenters. The van der Waals surface area contributed by atoms with Gasteiger partial charge in [-0.3, -0.25) is 4.79 Å².